The first-order valence-electron chi connectivity index (χ1n) is 5.89. The summed E-state index contributed by atoms with van der Waals surface area (Å²) in [5, 5.41) is 20.7. The van der Waals surface area contributed by atoms with Crippen molar-refractivity contribution in [1.29, 1.82) is 0 Å². The van der Waals surface area contributed by atoms with E-state index in [-0.39, 0.29) is 0 Å². The lowest BCUT2D eigenvalue weighted by atomic mass is 10.1. The van der Waals surface area contributed by atoms with Crippen LogP contribution in [0.15, 0.2) is 36.4 Å². The molecule has 0 unspecified atom stereocenters. The van der Waals surface area contributed by atoms with Crippen molar-refractivity contribution in [2.75, 3.05) is 7.11 Å². The lowest BCUT2D eigenvalue weighted by Gasteiger charge is -2.03. The summed E-state index contributed by atoms with van der Waals surface area (Å²) in [5.74, 6) is 0.536. The molecule has 0 bridgehead atoms. The van der Waals surface area contributed by atoms with Gasteiger partial charge in [0, 0.05) is 27.7 Å². The minimum Gasteiger partial charge on any atom is -0.490 e. The van der Waals surface area contributed by atoms with Gasteiger partial charge in [-0.2, -0.15) is 0 Å². The van der Waals surface area contributed by atoms with Crippen LogP contribution in [0.2, 0.25) is 0 Å². The van der Waals surface area contributed by atoms with Crippen LogP contribution < -0.4 is 14.2 Å². The van der Waals surface area contributed by atoms with E-state index in [2.05, 4.69) is 0 Å². The van der Waals surface area contributed by atoms with E-state index in [0.717, 1.165) is 15.0 Å². The molecule has 0 amide bonds. The summed E-state index contributed by atoms with van der Waals surface area (Å²) in [4.78, 5) is 0. The van der Waals surface area contributed by atoms with Gasteiger partial charge in [0.05, 0.1) is 7.11 Å². The summed E-state index contributed by atoms with van der Waals surface area (Å²) >= 11 is 0. The molecule has 96 valence electrons. The normalized spacial score (nSPS) is 11.1. The summed E-state index contributed by atoms with van der Waals surface area (Å²) in [6.07, 6.45) is 0. The van der Waals surface area contributed by atoms with Gasteiger partial charge in [-0.1, -0.05) is 12.1 Å². The minimum atomic E-state index is 0.434. The summed E-state index contributed by atoms with van der Waals surface area (Å²) in [6.45, 7) is 1.88. The first-order valence-corrected chi connectivity index (χ1v) is 5.89. The second kappa shape index (κ2) is 3.98. The van der Waals surface area contributed by atoms with E-state index >= 15 is 0 Å². The molecule has 2 N–H and O–H groups in total. The Labute approximate surface area is 109 Å². The van der Waals surface area contributed by atoms with Crippen LogP contribution in [0, 0.1) is 6.92 Å². The number of para-hydroxylation sites is 2. The molecular weight excluding hydrogens is 244 g/mol. The average molecular weight is 258 g/mol. The van der Waals surface area contributed by atoms with E-state index < -0.39 is 0 Å². The number of aryl methyl sites for hydroxylation is 1. The summed E-state index contributed by atoms with van der Waals surface area (Å²) < 4.78 is 7.44. The number of benzene rings is 2. The van der Waals surface area contributed by atoms with Gasteiger partial charge in [0.2, 0.25) is 5.75 Å². The third-order valence-corrected chi connectivity index (χ3v) is 3.29. The van der Waals surface area contributed by atoms with Crippen LogP contribution in [0.1, 0.15) is 5.56 Å². The molecule has 0 saturated carbocycles. The molecule has 2 aromatic carbocycles. The number of fused-ring (bicyclic) bond motifs is 2. The molecule has 5 heteroatoms. The van der Waals surface area contributed by atoms with E-state index in [1.165, 1.54) is 0 Å². The minimum absolute atomic E-state index is 0.434. The van der Waals surface area contributed by atoms with Crippen molar-refractivity contribution >= 4 is 22.1 Å². The average Bonchev–Trinajstić information content (AvgIpc) is 2.44. The van der Waals surface area contributed by atoms with Crippen LogP contribution in [0.25, 0.3) is 22.1 Å². The molecule has 3 rings (SSSR count). The standard InChI is InChI=1S/C14H14N2O3/c1-9-7-8-12-13(14(9)19-2)16(18)11-6-4-3-5-10(11)15(12)17/h3-8,17-18H,1-2H3/q+2. The molecular formula is C14H14N2O3+2. The predicted octanol–water partition coefficient (Wildman–Crippen LogP) is 1.36. The van der Waals surface area contributed by atoms with E-state index in [4.69, 9.17) is 4.74 Å². The second-order valence-corrected chi connectivity index (χ2v) is 4.40. The molecule has 1 aromatic heterocycles. The summed E-state index contributed by atoms with van der Waals surface area (Å²) in [6, 6.07) is 10.6. The lowest BCUT2D eigenvalue weighted by molar-refractivity contribution is -0.894. The zero-order valence-corrected chi connectivity index (χ0v) is 10.7. The monoisotopic (exact) mass is 258 g/mol. The van der Waals surface area contributed by atoms with Crippen molar-refractivity contribution < 1.29 is 24.6 Å². The first-order chi connectivity index (χ1) is 9.15. The number of rotatable bonds is 1. The molecule has 0 saturated heterocycles. The highest BCUT2D eigenvalue weighted by molar-refractivity contribution is 5.81. The molecule has 3 aromatic rings. The summed E-state index contributed by atoms with van der Waals surface area (Å²) in [5.41, 5.74) is 2.81. The van der Waals surface area contributed by atoms with Gasteiger partial charge in [0.25, 0.3) is 0 Å². The van der Waals surface area contributed by atoms with Crippen molar-refractivity contribution in [3.8, 4) is 5.75 Å². The molecule has 0 radical (unpaired) electrons. The predicted molar refractivity (Wildman–Crippen MR) is 67.5 cm³/mol. The van der Waals surface area contributed by atoms with Crippen LogP contribution >= 0.6 is 0 Å². The Morgan fingerprint density at radius 2 is 1.53 bits per heavy atom. The zero-order chi connectivity index (χ0) is 13.6. The van der Waals surface area contributed by atoms with Crippen LogP contribution in [-0.4, -0.2) is 17.5 Å². The van der Waals surface area contributed by atoms with E-state index in [1.807, 2.05) is 13.0 Å². The fourth-order valence-corrected chi connectivity index (χ4v) is 2.37. The maximum atomic E-state index is 10.4. The molecule has 1 heterocycles. The summed E-state index contributed by atoms with van der Waals surface area (Å²) in [7, 11) is 1.54. The molecule has 5 nitrogen and oxygen atoms in total. The van der Waals surface area contributed by atoms with Gasteiger partial charge in [-0.05, 0) is 18.6 Å². The zero-order valence-electron chi connectivity index (χ0n) is 10.7. The van der Waals surface area contributed by atoms with Crippen LogP contribution in [0.3, 0.4) is 0 Å². The van der Waals surface area contributed by atoms with Crippen molar-refractivity contribution in [1.82, 2.24) is 0 Å². The molecule has 0 fully saturated rings. The van der Waals surface area contributed by atoms with E-state index in [0.29, 0.717) is 27.8 Å². The third-order valence-electron chi connectivity index (χ3n) is 3.29. The molecule has 0 atom stereocenters. The number of hydrogen-bond acceptors (Lipinski definition) is 3. The number of methoxy groups -OCH3 is 1. The molecule has 0 aliphatic carbocycles. The Balaban J connectivity index is 2.64. The largest absolute Gasteiger partial charge is 0.490 e. The number of hydrogen-bond donors (Lipinski definition) is 2. The fourth-order valence-electron chi connectivity index (χ4n) is 2.37. The fraction of sp³-hybridized carbons (Fsp3) is 0.143. The Hall–Kier alpha value is -2.56. The Morgan fingerprint density at radius 1 is 0.895 bits per heavy atom. The van der Waals surface area contributed by atoms with Gasteiger partial charge in [0.15, 0.2) is 0 Å². The second-order valence-electron chi connectivity index (χ2n) is 4.40. The van der Waals surface area contributed by atoms with Gasteiger partial charge in [-0.3, -0.25) is 10.4 Å². The van der Waals surface area contributed by atoms with Gasteiger partial charge < -0.3 is 4.74 Å². The number of aromatic nitrogens is 2. The van der Waals surface area contributed by atoms with E-state index in [9.17, 15) is 10.4 Å². The van der Waals surface area contributed by atoms with Crippen molar-refractivity contribution in [2.45, 2.75) is 6.92 Å². The SMILES string of the molecule is COc1c(C)ccc2c1[n+](O)c1ccccc1[n+]2O. The van der Waals surface area contributed by atoms with Crippen LogP contribution in [-0.2, 0) is 0 Å². The highest BCUT2D eigenvalue weighted by Gasteiger charge is 2.31. The maximum Gasteiger partial charge on any atom is 0.375 e. The van der Waals surface area contributed by atoms with Gasteiger partial charge >= 0.3 is 22.1 Å². The van der Waals surface area contributed by atoms with Crippen molar-refractivity contribution in [3.05, 3.63) is 42.0 Å². The number of nitrogens with zero attached hydrogens (tertiary/aromatic N) is 2. The highest BCUT2D eigenvalue weighted by Crippen LogP contribution is 2.25. The maximum absolute atomic E-state index is 10.4. The Bertz CT molecular complexity index is 800. The molecule has 19 heavy (non-hydrogen) atoms. The van der Waals surface area contributed by atoms with Crippen molar-refractivity contribution in [3.63, 3.8) is 0 Å². The van der Waals surface area contributed by atoms with Crippen LogP contribution in [0.5, 0.6) is 5.75 Å². The van der Waals surface area contributed by atoms with Crippen LogP contribution in [0.4, 0.5) is 0 Å². The quantitative estimate of drug-likeness (QED) is 0.393. The highest BCUT2D eigenvalue weighted by atomic mass is 16.5. The van der Waals surface area contributed by atoms with E-state index in [1.54, 1.807) is 37.4 Å². The van der Waals surface area contributed by atoms with Gasteiger partial charge in [-0.25, -0.2) is 0 Å². The van der Waals surface area contributed by atoms with Crippen molar-refractivity contribution in [2.24, 2.45) is 0 Å². The lowest BCUT2D eigenvalue weighted by Crippen LogP contribution is -2.43. The Morgan fingerprint density at radius 3 is 2.16 bits per heavy atom. The number of ether oxygens (including phenoxy) is 1. The first kappa shape index (κ1) is 11.5. The van der Waals surface area contributed by atoms with Gasteiger partial charge in [-0.15, -0.1) is 0 Å². The third kappa shape index (κ3) is 1.48. The molecule has 0 spiro atoms. The van der Waals surface area contributed by atoms with Gasteiger partial charge in [0.1, 0.15) is 0 Å². The Kier molecular flexibility index (Phi) is 2.41. The smallest absolute Gasteiger partial charge is 0.375 e. The molecule has 0 aliphatic rings. The molecule has 0 aliphatic heterocycles. The topological polar surface area (TPSA) is 57.5 Å².